The van der Waals surface area contributed by atoms with E-state index in [9.17, 15) is 9.90 Å². The highest BCUT2D eigenvalue weighted by atomic mass is 16.5. The Labute approximate surface area is 120 Å². The van der Waals surface area contributed by atoms with Gasteiger partial charge in [0.2, 0.25) is 0 Å². The summed E-state index contributed by atoms with van der Waals surface area (Å²) in [5, 5.41) is 12.8. The fourth-order valence-corrected chi connectivity index (χ4v) is 1.89. The molecule has 2 N–H and O–H groups in total. The zero-order valence-corrected chi connectivity index (χ0v) is 12.8. The first-order valence-corrected chi connectivity index (χ1v) is 6.67. The van der Waals surface area contributed by atoms with Crippen molar-refractivity contribution < 1.29 is 14.6 Å². The van der Waals surface area contributed by atoms with E-state index >= 15 is 0 Å². The molecule has 0 aromatic heterocycles. The van der Waals surface area contributed by atoms with Gasteiger partial charge in [0.1, 0.15) is 11.5 Å². The number of hydrogen-bond acceptors (Lipinski definition) is 4. The molecule has 1 unspecified atom stereocenters. The van der Waals surface area contributed by atoms with Crippen LogP contribution in [0.25, 0.3) is 0 Å². The van der Waals surface area contributed by atoms with Crippen LogP contribution in [0.3, 0.4) is 0 Å². The first-order chi connectivity index (χ1) is 9.35. The molecule has 0 aliphatic rings. The summed E-state index contributed by atoms with van der Waals surface area (Å²) >= 11 is 0. The lowest BCUT2D eigenvalue weighted by Crippen LogP contribution is -2.45. The molecule has 0 bridgehead atoms. The van der Waals surface area contributed by atoms with E-state index < -0.39 is 0 Å². The van der Waals surface area contributed by atoms with Gasteiger partial charge in [-0.3, -0.25) is 4.79 Å². The van der Waals surface area contributed by atoms with Crippen molar-refractivity contribution in [2.45, 2.75) is 19.9 Å². The highest BCUT2D eigenvalue weighted by Gasteiger charge is 2.20. The fraction of sp³-hybridized carbons (Fsp3) is 0.533. The average Bonchev–Trinajstić information content (AvgIpc) is 2.37. The van der Waals surface area contributed by atoms with Gasteiger partial charge in [-0.1, -0.05) is 13.8 Å². The lowest BCUT2D eigenvalue weighted by Gasteiger charge is -2.25. The molecule has 1 atom stereocenters. The third kappa shape index (κ3) is 4.42. The van der Waals surface area contributed by atoms with Gasteiger partial charge in [0, 0.05) is 12.6 Å². The molecule has 1 amide bonds. The molecule has 0 spiro atoms. The molecule has 20 heavy (non-hydrogen) atoms. The highest BCUT2D eigenvalue weighted by molar-refractivity contribution is 5.97. The molecule has 1 aromatic rings. The Kier molecular flexibility index (Phi) is 5.82. The van der Waals surface area contributed by atoms with Crippen molar-refractivity contribution in [3.63, 3.8) is 0 Å². The first kappa shape index (κ1) is 16.3. The zero-order chi connectivity index (χ0) is 15.3. The predicted molar refractivity (Wildman–Crippen MR) is 79.3 cm³/mol. The van der Waals surface area contributed by atoms with Crippen LogP contribution in [0.5, 0.6) is 11.5 Å². The number of ether oxygens (including phenoxy) is 1. The summed E-state index contributed by atoms with van der Waals surface area (Å²) in [4.78, 5) is 14.3. The van der Waals surface area contributed by atoms with Gasteiger partial charge in [0.15, 0.2) is 0 Å². The molecule has 0 saturated heterocycles. The number of likely N-dealkylation sites (N-methyl/N-ethyl adjacent to an activating group) is 1. The number of amides is 1. The summed E-state index contributed by atoms with van der Waals surface area (Å²) in [6.45, 7) is 4.86. The number of aromatic hydroxyl groups is 1. The molecule has 5 heteroatoms. The SMILES string of the molecule is COc1ccc(O)c(C(=O)NC(CN(C)C)C(C)C)c1. The third-order valence-electron chi connectivity index (χ3n) is 3.13. The molecule has 0 saturated carbocycles. The molecule has 5 nitrogen and oxygen atoms in total. The molecular weight excluding hydrogens is 256 g/mol. The second-order valence-corrected chi connectivity index (χ2v) is 5.47. The van der Waals surface area contributed by atoms with Crippen LogP contribution in [-0.4, -0.2) is 49.7 Å². The van der Waals surface area contributed by atoms with Crippen LogP contribution in [0.15, 0.2) is 18.2 Å². The van der Waals surface area contributed by atoms with Crippen molar-refractivity contribution in [2.75, 3.05) is 27.7 Å². The van der Waals surface area contributed by atoms with E-state index in [1.54, 1.807) is 6.07 Å². The predicted octanol–water partition coefficient (Wildman–Crippen LogP) is 1.72. The molecule has 0 radical (unpaired) electrons. The number of phenols is 1. The van der Waals surface area contributed by atoms with Crippen LogP contribution >= 0.6 is 0 Å². The number of benzene rings is 1. The number of carbonyl (C=O) groups excluding carboxylic acids is 1. The number of phenolic OH excluding ortho intramolecular Hbond substituents is 1. The minimum absolute atomic E-state index is 0.0168. The van der Waals surface area contributed by atoms with Crippen molar-refractivity contribution in [1.29, 1.82) is 0 Å². The highest BCUT2D eigenvalue weighted by Crippen LogP contribution is 2.23. The smallest absolute Gasteiger partial charge is 0.255 e. The van der Waals surface area contributed by atoms with Crippen LogP contribution in [0.2, 0.25) is 0 Å². The van der Waals surface area contributed by atoms with Gasteiger partial charge in [-0.25, -0.2) is 0 Å². The van der Waals surface area contributed by atoms with Gasteiger partial charge in [-0.05, 0) is 38.2 Å². The normalized spacial score (nSPS) is 12.6. The van der Waals surface area contributed by atoms with Crippen LogP contribution in [0.4, 0.5) is 0 Å². The van der Waals surface area contributed by atoms with Gasteiger partial charge < -0.3 is 20.1 Å². The van der Waals surface area contributed by atoms with Crippen LogP contribution in [0, 0.1) is 5.92 Å². The maximum Gasteiger partial charge on any atom is 0.255 e. The lowest BCUT2D eigenvalue weighted by atomic mass is 10.0. The van der Waals surface area contributed by atoms with E-state index in [1.165, 1.54) is 19.2 Å². The van der Waals surface area contributed by atoms with Crippen LogP contribution < -0.4 is 10.1 Å². The molecule has 0 fully saturated rings. The quantitative estimate of drug-likeness (QED) is 0.833. The first-order valence-electron chi connectivity index (χ1n) is 6.67. The van der Waals surface area contributed by atoms with Gasteiger partial charge in [0.05, 0.1) is 12.7 Å². The Morgan fingerprint density at radius 2 is 2.05 bits per heavy atom. The topological polar surface area (TPSA) is 61.8 Å². The van der Waals surface area contributed by atoms with E-state index in [2.05, 4.69) is 19.2 Å². The summed E-state index contributed by atoms with van der Waals surface area (Å²) in [6, 6.07) is 4.64. The van der Waals surface area contributed by atoms with Gasteiger partial charge in [0.25, 0.3) is 5.91 Å². The number of nitrogens with zero attached hydrogens (tertiary/aromatic N) is 1. The van der Waals surface area contributed by atoms with Crippen LogP contribution in [0.1, 0.15) is 24.2 Å². The van der Waals surface area contributed by atoms with Crippen molar-refractivity contribution >= 4 is 5.91 Å². The van der Waals surface area contributed by atoms with E-state index in [0.717, 1.165) is 6.54 Å². The monoisotopic (exact) mass is 280 g/mol. The number of carbonyl (C=O) groups is 1. The third-order valence-corrected chi connectivity index (χ3v) is 3.13. The maximum atomic E-state index is 12.3. The van der Waals surface area contributed by atoms with Gasteiger partial charge >= 0.3 is 0 Å². The lowest BCUT2D eigenvalue weighted by molar-refractivity contribution is 0.0913. The summed E-state index contributed by atoms with van der Waals surface area (Å²) in [6.07, 6.45) is 0. The Bertz CT molecular complexity index is 458. The fourth-order valence-electron chi connectivity index (χ4n) is 1.89. The van der Waals surface area contributed by atoms with Crippen molar-refractivity contribution in [1.82, 2.24) is 10.2 Å². The van der Waals surface area contributed by atoms with Crippen molar-refractivity contribution in [3.05, 3.63) is 23.8 Å². The van der Waals surface area contributed by atoms with E-state index in [4.69, 9.17) is 4.74 Å². The summed E-state index contributed by atoms with van der Waals surface area (Å²) in [7, 11) is 5.45. The number of nitrogens with one attached hydrogen (secondary N) is 1. The minimum Gasteiger partial charge on any atom is -0.507 e. The van der Waals surface area contributed by atoms with Crippen molar-refractivity contribution in [2.24, 2.45) is 5.92 Å². The minimum atomic E-state index is -0.290. The number of rotatable bonds is 6. The molecule has 112 valence electrons. The Hall–Kier alpha value is -1.75. The van der Waals surface area contributed by atoms with E-state index in [1.807, 2.05) is 19.0 Å². The van der Waals surface area contributed by atoms with E-state index in [0.29, 0.717) is 11.7 Å². The molecule has 0 aliphatic heterocycles. The largest absolute Gasteiger partial charge is 0.507 e. The summed E-state index contributed by atoms with van der Waals surface area (Å²) in [5.74, 6) is 0.508. The standard InChI is InChI=1S/C15H24N2O3/c1-10(2)13(9-17(3)4)16-15(19)12-8-11(20-5)6-7-14(12)18/h6-8,10,13,18H,9H2,1-5H3,(H,16,19). The van der Waals surface area contributed by atoms with Crippen LogP contribution in [-0.2, 0) is 0 Å². The summed E-state index contributed by atoms with van der Waals surface area (Å²) in [5.41, 5.74) is 0.230. The summed E-state index contributed by atoms with van der Waals surface area (Å²) < 4.78 is 5.08. The second kappa shape index (κ2) is 7.14. The molecular formula is C15H24N2O3. The number of methoxy groups -OCH3 is 1. The van der Waals surface area contributed by atoms with Gasteiger partial charge in [-0.2, -0.15) is 0 Å². The Balaban J connectivity index is 2.88. The van der Waals surface area contributed by atoms with Crippen molar-refractivity contribution in [3.8, 4) is 11.5 Å². The molecule has 0 aliphatic carbocycles. The Morgan fingerprint density at radius 3 is 2.55 bits per heavy atom. The number of hydrogen-bond donors (Lipinski definition) is 2. The Morgan fingerprint density at radius 1 is 1.40 bits per heavy atom. The van der Waals surface area contributed by atoms with E-state index in [-0.39, 0.29) is 23.3 Å². The second-order valence-electron chi connectivity index (χ2n) is 5.47. The zero-order valence-electron chi connectivity index (χ0n) is 12.8. The molecule has 0 heterocycles. The van der Waals surface area contributed by atoms with Gasteiger partial charge in [-0.15, -0.1) is 0 Å². The maximum absolute atomic E-state index is 12.3. The molecule has 1 rings (SSSR count). The molecule has 1 aromatic carbocycles. The average molecular weight is 280 g/mol.